The summed E-state index contributed by atoms with van der Waals surface area (Å²) >= 11 is 0. The highest BCUT2D eigenvalue weighted by Gasteiger charge is 2.23. The first-order valence-corrected chi connectivity index (χ1v) is 8.68. The number of amides is 1. The van der Waals surface area contributed by atoms with Crippen molar-refractivity contribution in [3.63, 3.8) is 0 Å². The van der Waals surface area contributed by atoms with Crippen LogP contribution >= 0.6 is 0 Å². The molecule has 0 aromatic heterocycles. The first-order valence-electron chi connectivity index (χ1n) is 8.68. The van der Waals surface area contributed by atoms with Crippen LogP contribution < -0.4 is 10.5 Å². The van der Waals surface area contributed by atoms with Gasteiger partial charge in [-0.05, 0) is 42.3 Å². The van der Waals surface area contributed by atoms with Gasteiger partial charge in [0.05, 0.1) is 7.11 Å². The number of halogens is 1. The minimum absolute atomic E-state index is 0.0185. The number of anilines is 1. The number of methoxy groups -OCH3 is 1. The number of benzene rings is 2. The van der Waals surface area contributed by atoms with Crippen LogP contribution in [0.15, 0.2) is 36.4 Å². The van der Waals surface area contributed by atoms with E-state index in [2.05, 4.69) is 4.90 Å². The van der Waals surface area contributed by atoms with Crippen molar-refractivity contribution >= 4 is 11.6 Å². The second kappa shape index (κ2) is 7.74. The van der Waals surface area contributed by atoms with E-state index in [9.17, 15) is 9.18 Å². The Morgan fingerprint density at radius 2 is 1.88 bits per heavy atom. The summed E-state index contributed by atoms with van der Waals surface area (Å²) in [6.07, 6.45) is 0. The molecule has 138 valence electrons. The minimum atomic E-state index is -0.351. The van der Waals surface area contributed by atoms with E-state index in [0.29, 0.717) is 30.9 Å². The average molecular weight is 357 g/mol. The zero-order valence-corrected chi connectivity index (χ0v) is 15.2. The zero-order valence-electron chi connectivity index (χ0n) is 15.2. The molecule has 0 radical (unpaired) electrons. The number of hydrogen-bond donors (Lipinski definition) is 1. The van der Waals surface area contributed by atoms with Crippen molar-refractivity contribution in [3.05, 3.63) is 58.9 Å². The summed E-state index contributed by atoms with van der Waals surface area (Å²) in [4.78, 5) is 16.8. The topological polar surface area (TPSA) is 58.8 Å². The monoisotopic (exact) mass is 357 g/mol. The molecule has 0 bridgehead atoms. The van der Waals surface area contributed by atoms with Gasteiger partial charge in [0.1, 0.15) is 0 Å². The maximum absolute atomic E-state index is 13.8. The second-order valence-corrected chi connectivity index (χ2v) is 6.61. The van der Waals surface area contributed by atoms with Crippen LogP contribution in [-0.2, 0) is 6.54 Å². The van der Waals surface area contributed by atoms with Crippen LogP contribution in [0.3, 0.4) is 0 Å². The molecule has 1 heterocycles. The summed E-state index contributed by atoms with van der Waals surface area (Å²) in [7, 11) is 1.45. The lowest BCUT2D eigenvalue weighted by Gasteiger charge is -2.35. The van der Waals surface area contributed by atoms with E-state index in [1.807, 2.05) is 24.0 Å². The fourth-order valence-electron chi connectivity index (χ4n) is 3.22. The summed E-state index contributed by atoms with van der Waals surface area (Å²) in [5, 5.41) is 0. The molecule has 2 N–H and O–H groups in total. The molecule has 2 aromatic carbocycles. The van der Waals surface area contributed by atoms with Gasteiger partial charge in [0, 0.05) is 44.0 Å². The summed E-state index contributed by atoms with van der Waals surface area (Å²) in [5.41, 5.74) is 8.91. The molecule has 26 heavy (non-hydrogen) atoms. The fourth-order valence-corrected chi connectivity index (χ4v) is 3.22. The maximum Gasteiger partial charge on any atom is 0.254 e. The van der Waals surface area contributed by atoms with E-state index in [0.717, 1.165) is 24.2 Å². The van der Waals surface area contributed by atoms with Gasteiger partial charge in [-0.1, -0.05) is 12.1 Å². The van der Waals surface area contributed by atoms with Gasteiger partial charge in [0.15, 0.2) is 11.6 Å². The van der Waals surface area contributed by atoms with Gasteiger partial charge in [-0.3, -0.25) is 9.69 Å². The zero-order chi connectivity index (χ0) is 18.7. The van der Waals surface area contributed by atoms with Crippen molar-refractivity contribution < 1.29 is 13.9 Å². The molecule has 3 rings (SSSR count). The maximum atomic E-state index is 13.8. The highest BCUT2D eigenvalue weighted by atomic mass is 19.1. The molecule has 6 heteroatoms. The Morgan fingerprint density at radius 3 is 2.54 bits per heavy atom. The Bertz CT molecular complexity index is 802. The van der Waals surface area contributed by atoms with Gasteiger partial charge in [0.2, 0.25) is 0 Å². The number of carbonyl (C=O) groups excluding carboxylic acids is 1. The van der Waals surface area contributed by atoms with Crippen molar-refractivity contribution in [1.29, 1.82) is 0 Å². The van der Waals surface area contributed by atoms with Crippen molar-refractivity contribution in [2.45, 2.75) is 13.5 Å². The van der Waals surface area contributed by atoms with Crippen molar-refractivity contribution in [3.8, 4) is 5.75 Å². The van der Waals surface area contributed by atoms with E-state index < -0.39 is 0 Å². The Morgan fingerprint density at radius 1 is 1.15 bits per heavy atom. The van der Waals surface area contributed by atoms with Gasteiger partial charge in [-0.25, -0.2) is 4.39 Å². The molecule has 2 aromatic rings. The molecule has 0 atom stereocenters. The summed E-state index contributed by atoms with van der Waals surface area (Å²) in [6, 6.07) is 10.4. The van der Waals surface area contributed by atoms with Gasteiger partial charge in [0.25, 0.3) is 5.91 Å². The Kier molecular flexibility index (Phi) is 5.42. The van der Waals surface area contributed by atoms with E-state index in [4.69, 9.17) is 10.5 Å². The Hall–Kier alpha value is -2.60. The standard InChI is InChI=1S/C20H24FN3O2/c1-14-3-5-16(22)12-17(14)20(25)24-9-7-23(8-10-24)13-15-4-6-19(26-2)18(21)11-15/h3-6,11-12H,7-10,13,22H2,1-2H3. The van der Waals surface area contributed by atoms with Gasteiger partial charge in [-0.15, -0.1) is 0 Å². The van der Waals surface area contributed by atoms with Crippen molar-refractivity contribution in [2.24, 2.45) is 0 Å². The number of aryl methyl sites for hydroxylation is 1. The third-order valence-corrected chi connectivity index (χ3v) is 4.77. The Balaban J connectivity index is 1.59. The molecule has 0 aliphatic carbocycles. The van der Waals surface area contributed by atoms with Crippen molar-refractivity contribution in [2.75, 3.05) is 39.0 Å². The molecule has 0 saturated carbocycles. The number of nitrogens with two attached hydrogens (primary N) is 1. The number of nitrogen functional groups attached to an aromatic ring is 1. The second-order valence-electron chi connectivity index (χ2n) is 6.61. The van der Waals surface area contributed by atoms with E-state index in [-0.39, 0.29) is 17.5 Å². The number of hydrogen-bond acceptors (Lipinski definition) is 4. The number of ether oxygens (including phenoxy) is 1. The first-order chi connectivity index (χ1) is 12.5. The highest BCUT2D eigenvalue weighted by molar-refractivity contribution is 5.96. The lowest BCUT2D eigenvalue weighted by atomic mass is 10.1. The van der Waals surface area contributed by atoms with E-state index >= 15 is 0 Å². The number of carbonyl (C=O) groups is 1. The summed E-state index contributed by atoms with van der Waals surface area (Å²) in [5.74, 6) is -0.0810. The smallest absolute Gasteiger partial charge is 0.254 e. The molecule has 1 saturated heterocycles. The van der Waals surface area contributed by atoms with Crippen LogP contribution in [0.4, 0.5) is 10.1 Å². The molecule has 1 aliphatic heterocycles. The average Bonchev–Trinajstić information content (AvgIpc) is 2.64. The van der Waals surface area contributed by atoms with Crippen LogP contribution in [-0.4, -0.2) is 49.0 Å². The largest absolute Gasteiger partial charge is 0.494 e. The molecule has 1 amide bonds. The number of rotatable bonds is 4. The van der Waals surface area contributed by atoms with Crippen LogP contribution in [0.5, 0.6) is 5.75 Å². The first kappa shape index (κ1) is 18.2. The lowest BCUT2D eigenvalue weighted by molar-refractivity contribution is 0.0627. The molecule has 0 spiro atoms. The van der Waals surface area contributed by atoms with Gasteiger partial charge < -0.3 is 15.4 Å². The van der Waals surface area contributed by atoms with Gasteiger partial charge >= 0.3 is 0 Å². The van der Waals surface area contributed by atoms with Crippen LogP contribution in [0.25, 0.3) is 0 Å². The fraction of sp³-hybridized carbons (Fsp3) is 0.350. The van der Waals surface area contributed by atoms with Crippen molar-refractivity contribution in [1.82, 2.24) is 9.80 Å². The molecule has 5 nitrogen and oxygen atoms in total. The molecule has 0 unspecified atom stereocenters. The number of nitrogens with zero attached hydrogens (tertiary/aromatic N) is 2. The lowest BCUT2D eigenvalue weighted by Crippen LogP contribution is -2.48. The predicted octanol–water partition coefficient (Wildman–Crippen LogP) is 2.68. The predicted molar refractivity (Wildman–Crippen MR) is 99.7 cm³/mol. The quantitative estimate of drug-likeness (QED) is 0.855. The Labute approximate surface area is 153 Å². The molecular formula is C20H24FN3O2. The normalized spacial score (nSPS) is 15.1. The SMILES string of the molecule is COc1ccc(CN2CCN(C(=O)c3cc(N)ccc3C)CC2)cc1F. The summed E-state index contributed by atoms with van der Waals surface area (Å²) in [6.45, 7) is 5.36. The summed E-state index contributed by atoms with van der Waals surface area (Å²) < 4.78 is 18.8. The van der Waals surface area contributed by atoms with Gasteiger partial charge in [-0.2, -0.15) is 0 Å². The van der Waals surface area contributed by atoms with Crippen LogP contribution in [0.2, 0.25) is 0 Å². The minimum Gasteiger partial charge on any atom is -0.494 e. The van der Waals surface area contributed by atoms with Crippen LogP contribution in [0, 0.1) is 12.7 Å². The molecule has 1 fully saturated rings. The third kappa shape index (κ3) is 3.96. The molecular weight excluding hydrogens is 333 g/mol. The third-order valence-electron chi connectivity index (χ3n) is 4.77. The van der Waals surface area contributed by atoms with Crippen LogP contribution in [0.1, 0.15) is 21.5 Å². The number of piperazine rings is 1. The van der Waals surface area contributed by atoms with E-state index in [1.54, 1.807) is 18.2 Å². The highest BCUT2D eigenvalue weighted by Crippen LogP contribution is 2.20. The molecule has 1 aliphatic rings. The van der Waals surface area contributed by atoms with E-state index in [1.165, 1.54) is 13.2 Å².